The van der Waals surface area contributed by atoms with Gasteiger partial charge >= 0.3 is 0 Å². The van der Waals surface area contributed by atoms with Crippen LogP contribution in [-0.4, -0.2) is 39.9 Å². The van der Waals surface area contributed by atoms with Crippen LogP contribution in [0.3, 0.4) is 0 Å². The maximum Gasteiger partial charge on any atom is 0.168 e. The molecule has 4 nitrogen and oxygen atoms in total. The molecule has 1 aromatic rings. The number of hydrogen-bond donors (Lipinski definition) is 0. The molecule has 0 aromatic carbocycles. The van der Waals surface area contributed by atoms with Crippen LogP contribution in [0.15, 0.2) is 12.5 Å². The number of carbonyl (C=O) groups is 1. The largest absolute Gasteiger partial charge is 0.324 e. The van der Waals surface area contributed by atoms with Gasteiger partial charge in [0.25, 0.3) is 0 Å². The van der Waals surface area contributed by atoms with Gasteiger partial charge in [-0.05, 0) is 25.8 Å². The van der Waals surface area contributed by atoms with E-state index in [0.717, 1.165) is 18.4 Å². The molecule has 1 aromatic heterocycles. The third-order valence-corrected chi connectivity index (χ3v) is 3.99. The molecule has 2 aliphatic rings. The summed E-state index contributed by atoms with van der Waals surface area (Å²) in [6, 6.07) is 1.09. The van der Waals surface area contributed by atoms with Crippen LogP contribution >= 0.6 is 0 Å². The van der Waals surface area contributed by atoms with Gasteiger partial charge in [-0.2, -0.15) is 0 Å². The molecule has 0 aliphatic carbocycles. The Hall–Kier alpha value is -1.16. The first-order valence-corrected chi connectivity index (χ1v) is 6.11. The zero-order valence-corrected chi connectivity index (χ0v) is 9.38. The molecular weight excluding hydrogens is 202 g/mol. The van der Waals surface area contributed by atoms with Crippen molar-refractivity contribution < 1.29 is 4.79 Å². The molecule has 0 N–H and O–H groups in total. The molecule has 0 amide bonds. The van der Waals surface area contributed by atoms with E-state index in [4.69, 9.17) is 0 Å². The molecule has 3 heterocycles. The van der Waals surface area contributed by atoms with Gasteiger partial charge < -0.3 is 4.57 Å². The van der Waals surface area contributed by atoms with E-state index in [9.17, 15) is 4.79 Å². The number of rotatable bonds is 2. The molecule has 0 bridgehead atoms. The number of piperidine rings is 1. The van der Waals surface area contributed by atoms with Gasteiger partial charge in [-0.25, -0.2) is 4.98 Å². The summed E-state index contributed by atoms with van der Waals surface area (Å²) < 4.78 is 2.07. The predicted molar refractivity (Wildman–Crippen MR) is 60.5 cm³/mol. The van der Waals surface area contributed by atoms with E-state index < -0.39 is 0 Å². The fourth-order valence-electron chi connectivity index (χ4n) is 3.23. The number of aromatic nitrogens is 2. The van der Waals surface area contributed by atoms with Gasteiger partial charge in [0.1, 0.15) is 5.69 Å². The van der Waals surface area contributed by atoms with E-state index in [1.54, 1.807) is 6.20 Å². The summed E-state index contributed by atoms with van der Waals surface area (Å²) in [7, 11) is 0. The van der Waals surface area contributed by atoms with Crippen LogP contribution in [0.5, 0.6) is 0 Å². The Morgan fingerprint density at radius 3 is 3.06 bits per heavy atom. The highest BCUT2D eigenvalue weighted by Gasteiger charge is 2.36. The van der Waals surface area contributed by atoms with Crippen molar-refractivity contribution in [1.82, 2.24) is 14.5 Å². The number of imidazole rings is 1. The lowest BCUT2D eigenvalue weighted by atomic mass is 9.99. The second kappa shape index (κ2) is 4.01. The molecule has 4 heteroatoms. The molecule has 86 valence electrons. The summed E-state index contributed by atoms with van der Waals surface area (Å²) in [5, 5.41) is 0. The third-order valence-electron chi connectivity index (χ3n) is 3.99. The van der Waals surface area contributed by atoms with Crippen molar-refractivity contribution in [2.24, 2.45) is 0 Å². The van der Waals surface area contributed by atoms with Gasteiger partial charge in [-0.3, -0.25) is 9.69 Å². The van der Waals surface area contributed by atoms with Crippen LogP contribution < -0.4 is 0 Å². The van der Waals surface area contributed by atoms with Crippen LogP contribution in [0.1, 0.15) is 42.2 Å². The average Bonchev–Trinajstić information content (AvgIpc) is 2.94. The Balaban J connectivity index is 1.87. The molecule has 2 saturated heterocycles. The van der Waals surface area contributed by atoms with Crippen LogP contribution in [-0.2, 0) is 0 Å². The van der Waals surface area contributed by atoms with Crippen LogP contribution in [0.4, 0.5) is 0 Å². The smallest absolute Gasteiger partial charge is 0.168 e. The summed E-state index contributed by atoms with van der Waals surface area (Å²) in [5.74, 6) is 0. The van der Waals surface area contributed by atoms with Gasteiger partial charge in [-0.1, -0.05) is 6.42 Å². The topological polar surface area (TPSA) is 38.1 Å². The lowest BCUT2D eigenvalue weighted by molar-refractivity contribution is 0.110. The number of carbonyl (C=O) groups excluding carboxylic acids is 1. The molecule has 0 saturated carbocycles. The molecule has 2 aliphatic heterocycles. The van der Waals surface area contributed by atoms with Gasteiger partial charge in [0.15, 0.2) is 6.29 Å². The third kappa shape index (κ3) is 1.48. The molecule has 0 radical (unpaired) electrons. The monoisotopic (exact) mass is 219 g/mol. The van der Waals surface area contributed by atoms with Crippen molar-refractivity contribution in [1.29, 1.82) is 0 Å². The van der Waals surface area contributed by atoms with Crippen molar-refractivity contribution in [2.75, 3.05) is 13.1 Å². The molecule has 0 spiro atoms. The normalized spacial score (nSPS) is 30.2. The maximum absolute atomic E-state index is 10.9. The first-order valence-electron chi connectivity index (χ1n) is 6.11. The molecule has 2 atom stereocenters. The highest BCUT2D eigenvalue weighted by atomic mass is 16.1. The van der Waals surface area contributed by atoms with E-state index in [1.807, 2.05) is 6.33 Å². The molecule has 3 rings (SSSR count). The molecule has 16 heavy (non-hydrogen) atoms. The number of aldehydes is 1. The van der Waals surface area contributed by atoms with E-state index >= 15 is 0 Å². The lowest BCUT2D eigenvalue weighted by Gasteiger charge is -2.32. The van der Waals surface area contributed by atoms with E-state index in [1.165, 1.54) is 32.4 Å². The van der Waals surface area contributed by atoms with Crippen molar-refractivity contribution in [3.05, 3.63) is 18.2 Å². The Bertz CT molecular complexity index is 387. The zero-order valence-electron chi connectivity index (χ0n) is 9.38. The highest BCUT2D eigenvalue weighted by molar-refractivity contribution is 5.71. The SMILES string of the molecule is O=Cc1cncn1C1CCN2CCCCC12. The first-order chi connectivity index (χ1) is 7.90. The molecular formula is C12H17N3O. The maximum atomic E-state index is 10.9. The number of hydrogen-bond acceptors (Lipinski definition) is 3. The van der Waals surface area contributed by atoms with Gasteiger partial charge in [0.2, 0.25) is 0 Å². The summed E-state index contributed by atoms with van der Waals surface area (Å²) in [5.41, 5.74) is 0.720. The minimum absolute atomic E-state index is 0.461. The van der Waals surface area contributed by atoms with Crippen LogP contribution in [0.25, 0.3) is 0 Å². The van der Waals surface area contributed by atoms with E-state index in [2.05, 4.69) is 14.5 Å². The summed E-state index contributed by atoms with van der Waals surface area (Å²) in [6.07, 6.45) is 9.46. The Kier molecular flexibility index (Phi) is 2.52. The minimum Gasteiger partial charge on any atom is -0.324 e. The quantitative estimate of drug-likeness (QED) is 0.707. The Labute approximate surface area is 95.3 Å². The Morgan fingerprint density at radius 1 is 1.25 bits per heavy atom. The second-order valence-electron chi connectivity index (χ2n) is 4.80. The summed E-state index contributed by atoms with van der Waals surface area (Å²) in [4.78, 5) is 17.6. The minimum atomic E-state index is 0.461. The molecule has 2 fully saturated rings. The average molecular weight is 219 g/mol. The standard InChI is InChI=1S/C12H17N3O/c16-8-10-7-13-9-15(10)12-4-6-14-5-2-1-3-11(12)14/h7-9,11-12H,1-6H2. The van der Waals surface area contributed by atoms with Crippen molar-refractivity contribution in [3.63, 3.8) is 0 Å². The second-order valence-corrected chi connectivity index (χ2v) is 4.80. The van der Waals surface area contributed by atoms with Crippen LogP contribution in [0, 0.1) is 0 Å². The summed E-state index contributed by atoms with van der Waals surface area (Å²) in [6.45, 7) is 2.40. The Morgan fingerprint density at radius 2 is 2.19 bits per heavy atom. The van der Waals surface area contributed by atoms with Crippen molar-refractivity contribution >= 4 is 6.29 Å². The number of fused-ring (bicyclic) bond motifs is 1. The fourth-order valence-corrected chi connectivity index (χ4v) is 3.23. The van der Waals surface area contributed by atoms with Crippen LogP contribution in [0.2, 0.25) is 0 Å². The van der Waals surface area contributed by atoms with Gasteiger partial charge in [0.05, 0.1) is 18.6 Å². The predicted octanol–water partition coefficient (Wildman–Crippen LogP) is 1.49. The van der Waals surface area contributed by atoms with E-state index in [0.29, 0.717) is 12.1 Å². The van der Waals surface area contributed by atoms with Crippen molar-refractivity contribution in [3.8, 4) is 0 Å². The zero-order chi connectivity index (χ0) is 11.0. The fraction of sp³-hybridized carbons (Fsp3) is 0.667. The summed E-state index contributed by atoms with van der Waals surface area (Å²) >= 11 is 0. The van der Waals surface area contributed by atoms with Crippen molar-refractivity contribution in [2.45, 2.75) is 37.8 Å². The van der Waals surface area contributed by atoms with E-state index in [-0.39, 0.29) is 0 Å². The molecule has 2 unspecified atom stereocenters. The highest BCUT2D eigenvalue weighted by Crippen LogP contribution is 2.35. The first kappa shape index (κ1) is 10.0. The van der Waals surface area contributed by atoms with Gasteiger partial charge in [-0.15, -0.1) is 0 Å². The van der Waals surface area contributed by atoms with Gasteiger partial charge in [0, 0.05) is 12.6 Å². The number of nitrogens with zero attached hydrogens (tertiary/aromatic N) is 3. The lowest BCUT2D eigenvalue weighted by Crippen LogP contribution is -2.37.